The normalized spacial score (nSPS) is 15.1. The first kappa shape index (κ1) is 27.9. The molecule has 0 saturated heterocycles. The number of carbonyl (C=O) groups excluding carboxylic acids is 2. The van der Waals surface area contributed by atoms with Crippen LogP contribution in [0.3, 0.4) is 0 Å². The summed E-state index contributed by atoms with van der Waals surface area (Å²) in [5, 5.41) is 3.52. The molecule has 1 aliphatic rings. The van der Waals surface area contributed by atoms with Crippen molar-refractivity contribution in [3.05, 3.63) is 64.9 Å². The molecule has 8 nitrogen and oxygen atoms in total. The minimum atomic E-state index is -4.23. The number of hydrogen-bond donors (Lipinski definition) is 1. The fraction of sp³-hybridized carbons (Fsp3) is 0.440. The Labute approximate surface area is 217 Å². The van der Waals surface area contributed by atoms with Gasteiger partial charge in [-0.3, -0.25) is 9.59 Å². The van der Waals surface area contributed by atoms with E-state index in [9.17, 15) is 22.4 Å². The first-order chi connectivity index (χ1) is 17.0. The summed E-state index contributed by atoms with van der Waals surface area (Å²) in [6, 6.07) is 11.3. The van der Waals surface area contributed by atoms with Gasteiger partial charge in [0.05, 0.1) is 5.69 Å². The fourth-order valence-electron chi connectivity index (χ4n) is 4.12. The molecule has 0 aromatic heterocycles. The van der Waals surface area contributed by atoms with E-state index in [1.165, 1.54) is 37.2 Å². The van der Waals surface area contributed by atoms with E-state index in [1.54, 1.807) is 31.2 Å². The maximum atomic E-state index is 14.7. The highest BCUT2D eigenvalue weighted by atomic mass is 35.5. The predicted octanol–water partition coefficient (Wildman–Crippen LogP) is 3.57. The first-order valence-corrected chi connectivity index (χ1v) is 13.6. The number of halogens is 2. The van der Waals surface area contributed by atoms with Crippen molar-refractivity contribution in [3.8, 4) is 0 Å². The lowest BCUT2D eigenvalue weighted by Crippen LogP contribution is -2.53. The third-order valence-corrected chi connectivity index (χ3v) is 8.33. The van der Waals surface area contributed by atoms with Gasteiger partial charge in [0.25, 0.3) is 0 Å². The van der Waals surface area contributed by atoms with Gasteiger partial charge in [0.15, 0.2) is 0 Å². The van der Waals surface area contributed by atoms with E-state index >= 15 is 0 Å². The number of nitrogens with zero attached hydrogens (tertiary/aromatic N) is 3. The molecule has 1 saturated carbocycles. The Hall–Kier alpha value is -2.69. The van der Waals surface area contributed by atoms with Crippen molar-refractivity contribution in [1.29, 1.82) is 0 Å². The van der Waals surface area contributed by atoms with Gasteiger partial charge in [0.1, 0.15) is 18.4 Å². The Balaban J connectivity index is 1.93. The second-order valence-electron chi connectivity index (χ2n) is 9.06. The molecule has 0 bridgehead atoms. The molecule has 36 heavy (non-hydrogen) atoms. The van der Waals surface area contributed by atoms with Gasteiger partial charge in [-0.05, 0) is 49.6 Å². The summed E-state index contributed by atoms with van der Waals surface area (Å²) in [6.07, 6.45) is 3.83. The summed E-state index contributed by atoms with van der Waals surface area (Å²) >= 11 is 5.99. The van der Waals surface area contributed by atoms with E-state index in [-0.39, 0.29) is 24.2 Å². The number of amides is 2. The van der Waals surface area contributed by atoms with Crippen LogP contribution in [0.4, 0.5) is 10.1 Å². The van der Waals surface area contributed by atoms with Crippen LogP contribution in [0.15, 0.2) is 48.5 Å². The van der Waals surface area contributed by atoms with Crippen molar-refractivity contribution < 1.29 is 22.4 Å². The molecule has 0 aliphatic heterocycles. The molecular formula is C25H32ClFN4O4S. The lowest BCUT2D eigenvalue weighted by molar-refractivity contribution is -0.139. The molecule has 1 N–H and O–H groups in total. The highest BCUT2D eigenvalue weighted by molar-refractivity contribution is 7.90. The van der Waals surface area contributed by atoms with Crippen LogP contribution < -0.4 is 9.62 Å². The molecule has 2 aromatic rings. The molecule has 1 fully saturated rings. The highest BCUT2D eigenvalue weighted by Crippen LogP contribution is 2.24. The highest BCUT2D eigenvalue weighted by Gasteiger charge is 2.34. The van der Waals surface area contributed by atoms with Gasteiger partial charge >= 0.3 is 10.2 Å². The van der Waals surface area contributed by atoms with E-state index in [0.717, 1.165) is 40.4 Å². The third kappa shape index (κ3) is 6.74. The van der Waals surface area contributed by atoms with Crippen LogP contribution in [0.2, 0.25) is 5.02 Å². The summed E-state index contributed by atoms with van der Waals surface area (Å²) in [5.41, 5.74) is 0.454. The minimum Gasteiger partial charge on any atom is -0.352 e. The zero-order valence-corrected chi connectivity index (χ0v) is 22.2. The van der Waals surface area contributed by atoms with Gasteiger partial charge in [0.2, 0.25) is 11.8 Å². The Kier molecular flexibility index (Phi) is 9.32. The number of benzene rings is 2. The van der Waals surface area contributed by atoms with E-state index < -0.39 is 34.5 Å². The molecular weight excluding hydrogens is 507 g/mol. The number of anilines is 1. The van der Waals surface area contributed by atoms with E-state index in [4.69, 9.17) is 11.6 Å². The van der Waals surface area contributed by atoms with Gasteiger partial charge in [-0.1, -0.05) is 48.7 Å². The van der Waals surface area contributed by atoms with Gasteiger partial charge in [-0.2, -0.15) is 12.7 Å². The molecule has 1 atom stereocenters. The Morgan fingerprint density at radius 2 is 1.69 bits per heavy atom. The zero-order valence-electron chi connectivity index (χ0n) is 20.7. The number of para-hydroxylation sites is 1. The molecule has 1 aliphatic carbocycles. The minimum absolute atomic E-state index is 0.0440. The van der Waals surface area contributed by atoms with Gasteiger partial charge < -0.3 is 10.2 Å². The Morgan fingerprint density at radius 3 is 2.28 bits per heavy atom. The Morgan fingerprint density at radius 1 is 1.08 bits per heavy atom. The average Bonchev–Trinajstić information content (AvgIpc) is 3.35. The molecule has 2 amide bonds. The monoisotopic (exact) mass is 538 g/mol. The van der Waals surface area contributed by atoms with Crippen LogP contribution in [0, 0.1) is 5.82 Å². The summed E-state index contributed by atoms with van der Waals surface area (Å²) in [5.74, 6) is -1.75. The maximum absolute atomic E-state index is 14.7. The zero-order chi connectivity index (χ0) is 26.5. The van der Waals surface area contributed by atoms with Gasteiger partial charge in [-0.25, -0.2) is 8.70 Å². The molecule has 196 valence electrons. The molecule has 11 heteroatoms. The molecule has 0 spiro atoms. The van der Waals surface area contributed by atoms with Crippen molar-refractivity contribution in [2.75, 3.05) is 24.9 Å². The van der Waals surface area contributed by atoms with Crippen molar-refractivity contribution in [2.45, 2.75) is 51.2 Å². The van der Waals surface area contributed by atoms with Crippen molar-refractivity contribution in [3.63, 3.8) is 0 Å². The first-order valence-electron chi connectivity index (χ1n) is 11.8. The van der Waals surface area contributed by atoms with Crippen LogP contribution in [0.1, 0.15) is 38.2 Å². The maximum Gasteiger partial charge on any atom is 0.304 e. The quantitative estimate of drug-likeness (QED) is 0.501. The topological polar surface area (TPSA) is 90.0 Å². The number of nitrogens with one attached hydrogen (secondary N) is 1. The summed E-state index contributed by atoms with van der Waals surface area (Å²) in [6.45, 7) is 0.963. The molecule has 0 radical (unpaired) electrons. The second-order valence-corrected chi connectivity index (χ2v) is 11.6. The SMILES string of the molecule is C[C@@H](C(=O)NC1CCCC1)N(Cc1ccc(Cl)cc1)C(=O)CN(c1ccccc1F)S(=O)(=O)N(C)C. The van der Waals surface area contributed by atoms with Crippen molar-refractivity contribution in [2.24, 2.45) is 0 Å². The number of rotatable bonds is 10. The van der Waals surface area contributed by atoms with Gasteiger partial charge in [0, 0.05) is 31.7 Å². The van der Waals surface area contributed by atoms with E-state index in [0.29, 0.717) is 10.6 Å². The standard InChI is InChI=1S/C25H32ClFN4O4S/c1-18(25(33)28-21-8-4-5-9-21)30(16-19-12-14-20(26)15-13-19)24(32)17-31(36(34,35)29(2)3)23-11-7-6-10-22(23)27/h6-7,10-15,18,21H,4-5,8-9,16-17H2,1-3H3,(H,28,33)/t18-/m0/s1. The number of hydrogen-bond acceptors (Lipinski definition) is 4. The smallest absolute Gasteiger partial charge is 0.304 e. The summed E-state index contributed by atoms with van der Waals surface area (Å²) in [7, 11) is -1.62. The van der Waals surface area contributed by atoms with E-state index in [2.05, 4.69) is 5.32 Å². The average molecular weight is 539 g/mol. The molecule has 3 rings (SSSR count). The lowest BCUT2D eigenvalue weighted by atomic mass is 10.1. The molecule has 0 unspecified atom stereocenters. The van der Waals surface area contributed by atoms with Crippen molar-refractivity contribution in [1.82, 2.24) is 14.5 Å². The second kappa shape index (κ2) is 12.0. The fourth-order valence-corrected chi connectivity index (χ4v) is 5.31. The third-order valence-electron chi connectivity index (χ3n) is 6.27. The molecule has 2 aromatic carbocycles. The van der Waals surface area contributed by atoms with E-state index in [1.807, 2.05) is 0 Å². The van der Waals surface area contributed by atoms with Crippen LogP contribution in [-0.2, 0) is 26.3 Å². The summed E-state index contributed by atoms with van der Waals surface area (Å²) < 4.78 is 42.5. The van der Waals surface area contributed by atoms with Crippen LogP contribution in [0.5, 0.6) is 0 Å². The van der Waals surface area contributed by atoms with Crippen LogP contribution in [-0.4, -0.2) is 62.2 Å². The van der Waals surface area contributed by atoms with Crippen LogP contribution in [0.25, 0.3) is 0 Å². The van der Waals surface area contributed by atoms with Crippen molar-refractivity contribution >= 4 is 39.3 Å². The Bertz CT molecular complexity index is 1170. The predicted molar refractivity (Wildman–Crippen MR) is 138 cm³/mol. The van der Waals surface area contributed by atoms with Crippen LogP contribution >= 0.6 is 11.6 Å². The molecule has 0 heterocycles. The largest absolute Gasteiger partial charge is 0.352 e. The lowest BCUT2D eigenvalue weighted by Gasteiger charge is -2.33. The van der Waals surface area contributed by atoms with Gasteiger partial charge in [-0.15, -0.1) is 0 Å². The summed E-state index contributed by atoms with van der Waals surface area (Å²) in [4.78, 5) is 28.0. The number of carbonyl (C=O) groups is 2.